The number of hydrogen-bond donors (Lipinski definition) is 1. The lowest BCUT2D eigenvalue weighted by atomic mass is 10.2. The summed E-state index contributed by atoms with van der Waals surface area (Å²) >= 11 is 0. The van der Waals surface area contributed by atoms with Crippen molar-refractivity contribution in [1.29, 1.82) is 0 Å². The molecule has 0 bridgehead atoms. The predicted molar refractivity (Wildman–Crippen MR) is 59.8 cm³/mol. The quantitative estimate of drug-likeness (QED) is 0.468. The summed E-state index contributed by atoms with van der Waals surface area (Å²) < 4.78 is 9.86. The molecule has 1 atom stereocenters. The van der Waals surface area contributed by atoms with Gasteiger partial charge in [0.2, 0.25) is 0 Å². The number of ether oxygens (including phenoxy) is 2. The maximum Gasteiger partial charge on any atom is 0.332 e. The largest absolute Gasteiger partial charge is 0.464 e. The number of hydrogen-bond acceptors (Lipinski definition) is 4. The molecule has 0 aromatic carbocycles. The van der Waals surface area contributed by atoms with E-state index >= 15 is 0 Å². The van der Waals surface area contributed by atoms with Gasteiger partial charge >= 0.3 is 5.97 Å². The van der Waals surface area contributed by atoms with Crippen LogP contribution in [0.25, 0.3) is 0 Å². The molecule has 0 rings (SSSR count). The first kappa shape index (κ1) is 14.4. The van der Waals surface area contributed by atoms with Crippen molar-refractivity contribution in [3.05, 3.63) is 0 Å². The molecule has 0 aromatic rings. The van der Waals surface area contributed by atoms with Crippen molar-refractivity contribution in [2.45, 2.75) is 39.7 Å². The lowest BCUT2D eigenvalue weighted by molar-refractivity contribution is -0.148. The Labute approximate surface area is 92.3 Å². The highest BCUT2D eigenvalue weighted by Gasteiger charge is 2.01. The second-order valence-corrected chi connectivity index (χ2v) is 3.50. The van der Waals surface area contributed by atoms with E-state index in [1.165, 1.54) is 6.42 Å². The molecular weight excluding hydrogens is 194 g/mol. The van der Waals surface area contributed by atoms with Gasteiger partial charge in [-0.1, -0.05) is 13.3 Å². The molecule has 1 unspecified atom stereocenters. The zero-order chi connectivity index (χ0) is 11.5. The third-order valence-electron chi connectivity index (χ3n) is 1.99. The molecule has 0 aliphatic carbocycles. The maximum atomic E-state index is 10.9. The minimum absolute atomic E-state index is 0.0533. The lowest BCUT2D eigenvalue weighted by Crippen LogP contribution is -2.29. The van der Waals surface area contributed by atoms with Crippen molar-refractivity contribution in [3.8, 4) is 0 Å². The number of esters is 1. The van der Waals surface area contributed by atoms with Crippen LogP contribution < -0.4 is 5.32 Å². The van der Waals surface area contributed by atoms with Crippen molar-refractivity contribution >= 4 is 5.97 Å². The van der Waals surface area contributed by atoms with Crippen LogP contribution in [0.3, 0.4) is 0 Å². The van der Waals surface area contributed by atoms with Crippen LogP contribution in [0, 0.1) is 0 Å². The summed E-state index contributed by atoms with van der Waals surface area (Å²) in [6, 6.07) is 0.515. The predicted octanol–water partition coefficient (Wildman–Crippen LogP) is 1.34. The van der Waals surface area contributed by atoms with Gasteiger partial charge in [-0.05, 0) is 20.3 Å². The summed E-state index contributed by atoms with van der Waals surface area (Å²) in [5.74, 6) is -0.292. The topological polar surface area (TPSA) is 47.6 Å². The van der Waals surface area contributed by atoms with Crippen LogP contribution in [0.2, 0.25) is 0 Å². The molecule has 0 aromatic heterocycles. The Hall–Kier alpha value is -0.610. The number of nitrogens with one attached hydrogen (secondary N) is 1. The first-order chi connectivity index (χ1) is 7.20. The Morgan fingerprint density at radius 1 is 1.40 bits per heavy atom. The van der Waals surface area contributed by atoms with E-state index in [0.717, 1.165) is 13.0 Å². The average Bonchev–Trinajstić information content (AvgIpc) is 2.18. The monoisotopic (exact) mass is 217 g/mol. The van der Waals surface area contributed by atoms with Crippen LogP contribution >= 0.6 is 0 Å². The Kier molecular flexibility index (Phi) is 9.52. The molecule has 0 radical (unpaired) electrons. The van der Waals surface area contributed by atoms with E-state index in [1.807, 2.05) is 0 Å². The highest BCUT2D eigenvalue weighted by Crippen LogP contribution is 1.93. The van der Waals surface area contributed by atoms with Crippen molar-refractivity contribution in [2.24, 2.45) is 0 Å². The molecule has 0 aliphatic heterocycles. The van der Waals surface area contributed by atoms with Crippen LogP contribution in [-0.4, -0.2) is 38.4 Å². The first-order valence-electron chi connectivity index (χ1n) is 5.67. The highest BCUT2D eigenvalue weighted by molar-refractivity contribution is 5.70. The number of carbonyl (C=O) groups is 1. The molecule has 15 heavy (non-hydrogen) atoms. The van der Waals surface area contributed by atoms with E-state index in [2.05, 4.69) is 19.2 Å². The molecular formula is C11H23NO3. The molecule has 4 nitrogen and oxygen atoms in total. The molecule has 0 amide bonds. The van der Waals surface area contributed by atoms with Gasteiger partial charge in [-0.2, -0.15) is 0 Å². The number of rotatable bonds is 9. The maximum absolute atomic E-state index is 10.9. The normalized spacial score (nSPS) is 12.5. The van der Waals surface area contributed by atoms with E-state index in [9.17, 15) is 4.79 Å². The molecule has 90 valence electrons. The summed E-state index contributed by atoms with van der Waals surface area (Å²) in [4.78, 5) is 10.9. The Balaban J connectivity index is 3.20. The fourth-order valence-electron chi connectivity index (χ4n) is 1.27. The van der Waals surface area contributed by atoms with Crippen LogP contribution in [-0.2, 0) is 14.3 Å². The van der Waals surface area contributed by atoms with Crippen molar-refractivity contribution < 1.29 is 14.3 Å². The van der Waals surface area contributed by atoms with Crippen LogP contribution in [0.5, 0.6) is 0 Å². The third kappa shape index (κ3) is 9.69. The van der Waals surface area contributed by atoms with Gasteiger partial charge in [0.05, 0.1) is 13.2 Å². The molecule has 0 fully saturated rings. The summed E-state index contributed by atoms with van der Waals surface area (Å²) in [5, 5.41) is 3.31. The third-order valence-corrected chi connectivity index (χ3v) is 1.99. The smallest absolute Gasteiger partial charge is 0.332 e. The van der Waals surface area contributed by atoms with Crippen LogP contribution in [0.4, 0.5) is 0 Å². The second-order valence-electron chi connectivity index (χ2n) is 3.50. The average molecular weight is 217 g/mol. The SMILES string of the molecule is CCCC(C)NCCOCC(=O)OCC. The van der Waals surface area contributed by atoms with Gasteiger partial charge in [0.25, 0.3) is 0 Å². The fraction of sp³-hybridized carbons (Fsp3) is 0.909. The summed E-state index contributed by atoms with van der Waals surface area (Å²) in [6.07, 6.45) is 2.34. The van der Waals surface area contributed by atoms with E-state index in [4.69, 9.17) is 9.47 Å². The van der Waals surface area contributed by atoms with Crippen molar-refractivity contribution in [2.75, 3.05) is 26.4 Å². The standard InChI is InChI=1S/C11H23NO3/c1-4-6-10(3)12-7-8-14-9-11(13)15-5-2/h10,12H,4-9H2,1-3H3. The minimum atomic E-state index is -0.292. The Bertz CT molecular complexity index is 162. The zero-order valence-corrected chi connectivity index (χ0v) is 10.0. The first-order valence-corrected chi connectivity index (χ1v) is 5.67. The van der Waals surface area contributed by atoms with Gasteiger partial charge in [0, 0.05) is 12.6 Å². The molecule has 4 heteroatoms. The Morgan fingerprint density at radius 3 is 2.73 bits per heavy atom. The van der Waals surface area contributed by atoms with Gasteiger partial charge in [0.1, 0.15) is 6.61 Å². The highest BCUT2D eigenvalue weighted by atomic mass is 16.6. The fourth-order valence-corrected chi connectivity index (χ4v) is 1.27. The van der Waals surface area contributed by atoms with Gasteiger partial charge in [-0.3, -0.25) is 0 Å². The van der Waals surface area contributed by atoms with Crippen molar-refractivity contribution in [1.82, 2.24) is 5.32 Å². The molecule has 0 aliphatic rings. The van der Waals surface area contributed by atoms with Gasteiger partial charge in [0.15, 0.2) is 0 Å². The van der Waals surface area contributed by atoms with E-state index < -0.39 is 0 Å². The Morgan fingerprint density at radius 2 is 2.13 bits per heavy atom. The van der Waals surface area contributed by atoms with E-state index in [0.29, 0.717) is 19.3 Å². The van der Waals surface area contributed by atoms with Crippen LogP contribution in [0.15, 0.2) is 0 Å². The van der Waals surface area contributed by atoms with Crippen LogP contribution in [0.1, 0.15) is 33.6 Å². The molecule has 0 saturated carbocycles. The van der Waals surface area contributed by atoms with Gasteiger partial charge in [-0.15, -0.1) is 0 Å². The summed E-state index contributed by atoms with van der Waals surface area (Å²) in [7, 11) is 0. The van der Waals surface area contributed by atoms with Gasteiger partial charge < -0.3 is 14.8 Å². The van der Waals surface area contributed by atoms with Gasteiger partial charge in [-0.25, -0.2) is 4.79 Å². The lowest BCUT2D eigenvalue weighted by Gasteiger charge is -2.12. The second kappa shape index (κ2) is 9.93. The molecule has 1 N–H and O–H groups in total. The molecule has 0 heterocycles. The minimum Gasteiger partial charge on any atom is -0.464 e. The molecule has 0 saturated heterocycles. The zero-order valence-electron chi connectivity index (χ0n) is 10.0. The number of carbonyl (C=O) groups excluding carboxylic acids is 1. The molecule has 0 spiro atoms. The summed E-state index contributed by atoms with van der Waals surface area (Å²) in [6.45, 7) is 7.88. The van der Waals surface area contributed by atoms with E-state index in [-0.39, 0.29) is 12.6 Å². The van der Waals surface area contributed by atoms with Crippen molar-refractivity contribution in [3.63, 3.8) is 0 Å². The summed E-state index contributed by atoms with van der Waals surface area (Å²) in [5.41, 5.74) is 0. The van der Waals surface area contributed by atoms with E-state index in [1.54, 1.807) is 6.92 Å².